The van der Waals surface area contributed by atoms with Gasteiger partial charge in [0.2, 0.25) is 0 Å². The number of alkyl halides is 3. The Bertz CT molecular complexity index is 658. The quantitative estimate of drug-likeness (QED) is 0.385. The van der Waals surface area contributed by atoms with Gasteiger partial charge in [0.15, 0.2) is 5.96 Å². The van der Waals surface area contributed by atoms with Crippen LogP contribution in [0.1, 0.15) is 30.9 Å². The monoisotopic (exact) mass is 335 g/mol. The molecule has 0 aromatic heterocycles. The van der Waals surface area contributed by atoms with Gasteiger partial charge in [0.05, 0.1) is 5.56 Å². The van der Waals surface area contributed by atoms with Crippen molar-refractivity contribution < 1.29 is 13.2 Å². The van der Waals surface area contributed by atoms with Crippen LogP contribution < -0.4 is 10.6 Å². The van der Waals surface area contributed by atoms with E-state index in [2.05, 4.69) is 39.6 Å². The van der Waals surface area contributed by atoms with Crippen molar-refractivity contribution in [3.8, 4) is 11.8 Å². The molecule has 0 aliphatic heterocycles. The van der Waals surface area contributed by atoms with Crippen molar-refractivity contribution in [2.45, 2.75) is 32.0 Å². The molecule has 1 aliphatic carbocycles. The molecule has 0 amide bonds. The third kappa shape index (κ3) is 5.65. The van der Waals surface area contributed by atoms with Crippen LogP contribution in [0.25, 0.3) is 0 Å². The van der Waals surface area contributed by atoms with Crippen molar-refractivity contribution in [2.24, 2.45) is 4.99 Å². The number of hydrogen-bond acceptors (Lipinski definition) is 1. The first kappa shape index (κ1) is 17.9. The van der Waals surface area contributed by atoms with Gasteiger partial charge in [-0.2, -0.15) is 13.2 Å². The maximum Gasteiger partial charge on any atom is 0.416 e. The van der Waals surface area contributed by atoms with Crippen LogP contribution in [-0.4, -0.2) is 25.1 Å². The second kappa shape index (κ2) is 8.44. The molecular weight excluding hydrogens is 315 g/mol. The zero-order valence-corrected chi connectivity index (χ0v) is 13.5. The Morgan fingerprint density at radius 1 is 1.29 bits per heavy atom. The number of benzene rings is 1. The smallest absolute Gasteiger partial charge is 0.357 e. The first-order valence-corrected chi connectivity index (χ1v) is 7.85. The summed E-state index contributed by atoms with van der Waals surface area (Å²) in [5.41, 5.74) is -0.362. The number of rotatable bonds is 3. The molecule has 6 heteroatoms. The third-order valence-corrected chi connectivity index (χ3v) is 3.43. The van der Waals surface area contributed by atoms with E-state index in [1.165, 1.54) is 6.07 Å². The van der Waals surface area contributed by atoms with Crippen LogP contribution in [0.2, 0.25) is 0 Å². The molecule has 0 unspecified atom stereocenters. The molecule has 0 saturated heterocycles. The summed E-state index contributed by atoms with van der Waals surface area (Å²) < 4.78 is 37.9. The minimum absolute atomic E-state index is 0.214. The third-order valence-electron chi connectivity index (χ3n) is 3.43. The van der Waals surface area contributed by atoms with Crippen molar-refractivity contribution in [1.29, 1.82) is 0 Å². The number of halogens is 3. The van der Waals surface area contributed by atoms with Crippen LogP contribution >= 0.6 is 0 Å². The SMILES string of the molecule is CCNC(=NCC#Cc1cccc(C(F)(F)F)c1)NC1CC=CC1. The van der Waals surface area contributed by atoms with E-state index in [-0.39, 0.29) is 6.54 Å². The Balaban J connectivity index is 1.97. The Morgan fingerprint density at radius 2 is 2.04 bits per heavy atom. The normalized spacial score (nSPS) is 15.1. The van der Waals surface area contributed by atoms with E-state index in [4.69, 9.17) is 0 Å². The summed E-state index contributed by atoms with van der Waals surface area (Å²) in [5.74, 6) is 6.19. The first-order valence-electron chi connectivity index (χ1n) is 7.85. The van der Waals surface area contributed by atoms with Gasteiger partial charge in [0.25, 0.3) is 0 Å². The van der Waals surface area contributed by atoms with E-state index in [1.807, 2.05) is 6.92 Å². The second-order valence-electron chi connectivity index (χ2n) is 5.36. The summed E-state index contributed by atoms with van der Waals surface area (Å²) in [6.07, 6.45) is 1.80. The van der Waals surface area contributed by atoms with Gasteiger partial charge in [0, 0.05) is 18.2 Å². The van der Waals surface area contributed by atoms with Crippen molar-refractivity contribution in [1.82, 2.24) is 10.6 Å². The fourth-order valence-corrected chi connectivity index (χ4v) is 2.28. The minimum atomic E-state index is -4.35. The van der Waals surface area contributed by atoms with Crippen molar-refractivity contribution in [2.75, 3.05) is 13.1 Å². The minimum Gasteiger partial charge on any atom is -0.357 e. The Morgan fingerprint density at radius 3 is 2.71 bits per heavy atom. The highest BCUT2D eigenvalue weighted by Crippen LogP contribution is 2.29. The summed E-state index contributed by atoms with van der Waals surface area (Å²) in [7, 11) is 0. The van der Waals surface area contributed by atoms with Gasteiger partial charge in [0.1, 0.15) is 6.54 Å². The van der Waals surface area contributed by atoms with Crippen LogP contribution in [0, 0.1) is 11.8 Å². The van der Waals surface area contributed by atoms with E-state index < -0.39 is 11.7 Å². The van der Waals surface area contributed by atoms with E-state index in [0.29, 0.717) is 17.6 Å². The molecule has 0 fully saturated rings. The molecule has 0 saturated carbocycles. The fraction of sp³-hybridized carbons (Fsp3) is 0.389. The predicted octanol–water partition coefficient (Wildman–Crippen LogP) is 3.33. The van der Waals surface area contributed by atoms with Gasteiger partial charge < -0.3 is 10.6 Å². The van der Waals surface area contributed by atoms with Crippen molar-refractivity contribution >= 4 is 5.96 Å². The Kier molecular flexibility index (Phi) is 6.30. The number of hydrogen-bond donors (Lipinski definition) is 2. The number of nitrogens with zero attached hydrogens (tertiary/aromatic N) is 1. The second-order valence-corrected chi connectivity index (χ2v) is 5.36. The average molecular weight is 335 g/mol. The van der Waals surface area contributed by atoms with E-state index in [1.54, 1.807) is 6.07 Å². The lowest BCUT2D eigenvalue weighted by Crippen LogP contribution is -2.42. The standard InChI is InChI=1S/C18H20F3N3/c1-2-22-17(24-16-10-3-4-11-16)23-12-6-8-14-7-5-9-15(13-14)18(19,20)21/h3-5,7,9,13,16H,2,10-12H2,1H3,(H2,22,23,24). The van der Waals surface area contributed by atoms with Crippen molar-refractivity contribution in [3.05, 3.63) is 47.5 Å². The number of aliphatic imine (C=N–C) groups is 1. The molecule has 24 heavy (non-hydrogen) atoms. The molecule has 1 aromatic carbocycles. The summed E-state index contributed by atoms with van der Waals surface area (Å²) in [4.78, 5) is 4.33. The summed E-state index contributed by atoms with van der Waals surface area (Å²) in [5, 5.41) is 6.44. The maximum absolute atomic E-state index is 12.6. The lowest BCUT2D eigenvalue weighted by atomic mass is 10.1. The summed E-state index contributed by atoms with van der Waals surface area (Å²) in [6, 6.07) is 5.32. The van der Waals surface area contributed by atoms with Gasteiger partial charge in [-0.05, 0) is 38.0 Å². The first-order chi connectivity index (χ1) is 11.5. The summed E-state index contributed by atoms with van der Waals surface area (Å²) >= 11 is 0. The molecule has 0 spiro atoms. The van der Waals surface area contributed by atoms with Crippen LogP contribution in [0.15, 0.2) is 41.4 Å². The van der Waals surface area contributed by atoms with Crippen LogP contribution in [0.3, 0.4) is 0 Å². The van der Waals surface area contributed by atoms with Gasteiger partial charge in [-0.1, -0.05) is 30.1 Å². The molecule has 1 aliphatic rings. The lowest BCUT2D eigenvalue weighted by Gasteiger charge is -2.16. The van der Waals surface area contributed by atoms with Crippen LogP contribution in [0.5, 0.6) is 0 Å². The van der Waals surface area contributed by atoms with Crippen LogP contribution in [-0.2, 0) is 6.18 Å². The molecule has 2 N–H and O–H groups in total. The number of guanidine groups is 1. The van der Waals surface area contributed by atoms with E-state index in [9.17, 15) is 13.2 Å². The zero-order chi connectivity index (χ0) is 17.4. The largest absolute Gasteiger partial charge is 0.416 e. The highest BCUT2D eigenvalue weighted by atomic mass is 19.4. The lowest BCUT2D eigenvalue weighted by molar-refractivity contribution is -0.137. The topological polar surface area (TPSA) is 36.4 Å². The molecule has 1 aromatic rings. The van der Waals surface area contributed by atoms with Gasteiger partial charge in [-0.15, -0.1) is 0 Å². The van der Waals surface area contributed by atoms with Crippen LogP contribution in [0.4, 0.5) is 13.2 Å². The molecule has 0 bridgehead atoms. The molecule has 0 heterocycles. The Labute approximate surface area is 140 Å². The van der Waals surface area contributed by atoms with E-state index in [0.717, 1.165) is 31.5 Å². The molecule has 128 valence electrons. The molecule has 0 atom stereocenters. The highest BCUT2D eigenvalue weighted by molar-refractivity contribution is 5.80. The average Bonchev–Trinajstić information content (AvgIpc) is 3.04. The summed E-state index contributed by atoms with van der Waals surface area (Å²) in [6.45, 7) is 2.91. The van der Waals surface area contributed by atoms with Crippen molar-refractivity contribution in [3.63, 3.8) is 0 Å². The molecule has 3 nitrogen and oxygen atoms in total. The molecule has 2 rings (SSSR count). The van der Waals surface area contributed by atoms with Gasteiger partial charge in [-0.25, -0.2) is 4.99 Å². The van der Waals surface area contributed by atoms with E-state index >= 15 is 0 Å². The van der Waals surface area contributed by atoms with Gasteiger partial charge >= 0.3 is 6.18 Å². The predicted molar refractivity (Wildman–Crippen MR) is 89.6 cm³/mol. The molecule has 0 radical (unpaired) electrons. The zero-order valence-electron chi connectivity index (χ0n) is 13.5. The maximum atomic E-state index is 12.6. The number of nitrogens with one attached hydrogen (secondary N) is 2. The fourth-order valence-electron chi connectivity index (χ4n) is 2.28. The molecular formula is C18H20F3N3. The highest BCUT2D eigenvalue weighted by Gasteiger charge is 2.30. The van der Waals surface area contributed by atoms with Gasteiger partial charge in [-0.3, -0.25) is 0 Å². The Hall–Kier alpha value is -2.42.